The van der Waals surface area contributed by atoms with E-state index in [0.29, 0.717) is 6.42 Å². The first kappa shape index (κ1) is 23.0. The van der Waals surface area contributed by atoms with Crippen LogP contribution in [0.5, 0.6) is 5.75 Å². The fourth-order valence-electron chi connectivity index (χ4n) is 3.80. The lowest BCUT2D eigenvalue weighted by atomic mass is 9.84. The van der Waals surface area contributed by atoms with Gasteiger partial charge >= 0.3 is 5.97 Å². The topological polar surface area (TPSA) is 79.5 Å². The second kappa shape index (κ2) is 8.48. The number of phenols is 1. The normalized spacial score (nSPS) is 13.4. The van der Waals surface area contributed by atoms with Crippen LogP contribution in [0.3, 0.4) is 0 Å². The predicted molar refractivity (Wildman–Crippen MR) is 114 cm³/mol. The van der Waals surface area contributed by atoms with E-state index in [2.05, 4.69) is 0 Å². The third-order valence-corrected chi connectivity index (χ3v) is 6.31. The molecule has 0 radical (unpaired) electrons. The number of hydrogen-bond acceptors (Lipinski definition) is 3. The molecule has 2 aromatic carbocycles. The van der Waals surface area contributed by atoms with Crippen LogP contribution in [-0.4, -0.2) is 26.7 Å². The van der Waals surface area contributed by atoms with Gasteiger partial charge in [-0.1, -0.05) is 43.5 Å². The maximum Gasteiger partial charge on any atom is 0.311 e. The number of phenolic OH excluding ortho intramolecular Hbond substituents is 1. The maximum atomic E-state index is 15.0. The van der Waals surface area contributed by atoms with Crippen molar-refractivity contribution in [3.05, 3.63) is 62.8 Å². The van der Waals surface area contributed by atoms with Gasteiger partial charge in [-0.05, 0) is 36.6 Å². The summed E-state index contributed by atoms with van der Waals surface area (Å²) in [6.45, 7) is 4.92. The Bertz CT molecular complexity index is 1220. The minimum atomic E-state index is -1.32. The van der Waals surface area contributed by atoms with Crippen LogP contribution in [0, 0.1) is 24.5 Å². The molecule has 3 aromatic rings. The highest BCUT2D eigenvalue weighted by Gasteiger charge is 2.35. The average Bonchev–Trinajstić information content (AvgIpc) is 2.99. The molecule has 0 saturated heterocycles. The zero-order valence-electron chi connectivity index (χ0n) is 16.8. The minimum absolute atomic E-state index is 0.0121. The Morgan fingerprint density at radius 3 is 2.35 bits per heavy atom. The number of carbonyl (C=O) groups is 2. The molecule has 164 valence electrons. The van der Waals surface area contributed by atoms with Crippen LogP contribution in [0.15, 0.2) is 24.3 Å². The smallest absolute Gasteiger partial charge is 0.311 e. The van der Waals surface area contributed by atoms with Crippen LogP contribution in [0.4, 0.5) is 8.78 Å². The summed E-state index contributed by atoms with van der Waals surface area (Å²) in [7, 11) is 0. The summed E-state index contributed by atoms with van der Waals surface area (Å²) in [5, 5.41) is 19.7. The van der Waals surface area contributed by atoms with Crippen LogP contribution >= 0.6 is 23.2 Å². The van der Waals surface area contributed by atoms with Gasteiger partial charge in [0.25, 0.3) is 5.91 Å². The molecule has 1 heterocycles. The van der Waals surface area contributed by atoms with Crippen molar-refractivity contribution in [1.29, 1.82) is 0 Å². The highest BCUT2D eigenvalue weighted by Crippen LogP contribution is 2.41. The standard InChI is InChI=1S/C22H19Cl2F2NO4/c1-4-9(2)16(22(30)31)17-10(3)27(15-8-14(25)20(28)19(26)18(15)17)21(29)11-5-6-12(23)13(24)7-11/h5-9,16,28H,4H2,1-3H3,(H,30,31)/t9?,16-/m1/s1. The molecule has 0 spiro atoms. The number of fused-ring (bicyclic) bond motifs is 1. The summed E-state index contributed by atoms with van der Waals surface area (Å²) >= 11 is 11.9. The van der Waals surface area contributed by atoms with E-state index in [1.807, 2.05) is 0 Å². The van der Waals surface area contributed by atoms with Gasteiger partial charge in [-0.3, -0.25) is 14.2 Å². The number of aliphatic carboxylic acids is 1. The quantitative estimate of drug-likeness (QED) is 0.469. The van der Waals surface area contributed by atoms with Gasteiger partial charge < -0.3 is 10.2 Å². The van der Waals surface area contributed by atoms with Gasteiger partial charge in [0.05, 0.1) is 21.5 Å². The molecule has 0 bridgehead atoms. The van der Waals surface area contributed by atoms with E-state index in [0.717, 1.165) is 10.6 Å². The highest BCUT2D eigenvalue weighted by atomic mass is 35.5. The van der Waals surface area contributed by atoms with Crippen LogP contribution in [0.1, 0.15) is 47.8 Å². The second-order valence-electron chi connectivity index (χ2n) is 7.39. The third kappa shape index (κ3) is 3.77. The Balaban J connectivity index is 2.42. The molecule has 2 atom stereocenters. The van der Waals surface area contributed by atoms with Crippen LogP contribution in [0.25, 0.3) is 10.9 Å². The minimum Gasteiger partial charge on any atom is -0.503 e. The van der Waals surface area contributed by atoms with Gasteiger partial charge in [-0.2, -0.15) is 0 Å². The highest BCUT2D eigenvalue weighted by molar-refractivity contribution is 6.42. The summed E-state index contributed by atoms with van der Waals surface area (Å²) in [5.74, 6) is -7.33. The average molecular weight is 470 g/mol. The Kier molecular flexibility index (Phi) is 6.30. The summed E-state index contributed by atoms with van der Waals surface area (Å²) in [6, 6.07) is 4.94. The Morgan fingerprint density at radius 1 is 1.16 bits per heavy atom. The molecular weight excluding hydrogens is 451 g/mol. The number of halogens is 4. The largest absolute Gasteiger partial charge is 0.503 e. The molecule has 9 heteroatoms. The molecule has 31 heavy (non-hydrogen) atoms. The van der Waals surface area contributed by atoms with Crippen molar-refractivity contribution in [2.75, 3.05) is 0 Å². The zero-order valence-corrected chi connectivity index (χ0v) is 18.4. The molecule has 0 aliphatic carbocycles. The molecule has 0 amide bonds. The fourth-order valence-corrected chi connectivity index (χ4v) is 4.10. The molecule has 0 aliphatic heterocycles. The van der Waals surface area contributed by atoms with E-state index < -0.39 is 41.1 Å². The van der Waals surface area contributed by atoms with Gasteiger partial charge in [0.2, 0.25) is 0 Å². The number of rotatable bonds is 5. The lowest BCUT2D eigenvalue weighted by Crippen LogP contribution is -2.21. The molecule has 5 nitrogen and oxygen atoms in total. The number of aromatic nitrogens is 1. The first-order valence-electron chi connectivity index (χ1n) is 9.45. The first-order valence-corrected chi connectivity index (χ1v) is 10.2. The van der Waals surface area contributed by atoms with E-state index in [-0.39, 0.29) is 37.8 Å². The number of aromatic hydroxyl groups is 1. The molecule has 1 aromatic heterocycles. The number of carboxylic acids is 1. The summed E-state index contributed by atoms with van der Waals surface area (Å²) in [5.41, 5.74) is 0.0388. The first-order chi connectivity index (χ1) is 14.5. The van der Waals surface area contributed by atoms with E-state index >= 15 is 4.39 Å². The van der Waals surface area contributed by atoms with Gasteiger partial charge in [0, 0.05) is 22.7 Å². The SMILES string of the molecule is CCC(C)[C@@H](C(=O)O)c1c(C)n(C(=O)c2ccc(Cl)c(Cl)c2)c2cc(F)c(O)c(F)c12. The van der Waals surface area contributed by atoms with Crippen molar-refractivity contribution < 1.29 is 28.6 Å². The van der Waals surface area contributed by atoms with E-state index in [4.69, 9.17) is 23.2 Å². The van der Waals surface area contributed by atoms with Crippen molar-refractivity contribution in [2.45, 2.75) is 33.1 Å². The molecule has 3 rings (SSSR count). The van der Waals surface area contributed by atoms with Crippen LogP contribution < -0.4 is 0 Å². The zero-order chi connectivity index (χ0) is 23.2. The molecule has 2 N–H and O–H groups in total. The number of carboxylic acid groups (broad SMARTS) is 1. The number of hydrogen-bond donors (Lipinski definition) is 2. The second-order valence-corrected chi connectivity index (χ2v) is 8.20. The molecule has 0 aliphatic rings. The van der Waals surface area contributed by atoms with Crippen LogP contribution in [-0.2, 0) is 4.79 Å². The summed E-state index contributed by atoms with van der Waals surface area (Å²) in [4.78, 5) is 25.4. The molecule has 0 fully saturated rings. The van der Waals surface area contributed by atoms with E-state index in [1.54, 1.807) is 13.8 Å². The Morgan fingerprint density at radius 2 is 1.81 bits per heavy atom. The molecular formula is C22H19Cl2F2NO4. The van der Waals surface area contributed by atoms with Gasteiger partial charge in [-0.15, -0.1) is 0 Å². The van der Waals surface area contributed by atoms with E-state index in [9.17, 15) is 24.2 Å². The Hall–Kier alpha value is -2.64. The fraction of sp³-hybridized carbons (Fsp3) is 0.273. The summed E-state index contributed by atoms with van der Waals surface area (Å²) in [6.07, 6.45) is 0.457. The third-order valence-electron chi connectivity index (χ3n) is 5.57. The molecule has 0 saturated carbocycles. The Labute approximate surface area is 186 Å². The number of benzene rings is 2. The lowest BCUT2D eigenvalue weighted by molar-refractivity contribution is -0.140. The summed E-state index contributed by atoms with van der Waals surface area (Å²) < 4.78 is 30.3. The molecule has 1 unspecified atom stereocenters. The lowest BCUT2D eigenvalue weighted by Gasteiger charge is -2.20. The van der Waals surface area contributed by atoms with Gasteiger partial charge in [0.1, 0.15) is 0 Å². The van der Waals surface area contributed by atoms with Crippen molar-refractivity contribution in [3.8, 4) is 5.75 Å². The van der Waals surface area contributed by atoms with Crippen molar-refractivity contribution >= 4 is 46.0 Å². The maximum absolute atomic E-state index is 15.0. The van der Waals surface area contributed by atoms with E-state index in [1.165, 1.54) is 25.1 Å². The van der Waals surface area contributed by atoms with Crippen molar-refractivity contribution in [2.24, 2.45) is 5.92 Å². The van der Waals surface area contributed by atoms with Crippen LogP contribution in [0.2, 0.25) is 10.0 Å². The van der Waals surface area contributed by atoms with Crippen molar-refractivity contribution in [3.63, 3.8) is 0 Å². The van der Waals surface area contributed by atoms with Crippen molar-refractivity contribution in [1.82, 2.24) is 4.57 Å². The van der Waals surface area contributed by atoms with Gasteiger partial charge in [0.15, 0.2) is 17.4 Å². The van der Waals surface area contributed by atoms with Gasteiger partial charge in [-0.25, -0.2) is 8.78 Å². The monoisotopic (exact) mass is 469 g/mol. The number of nitrogens with zero attached hydrogens (tertiary/aromatic N) is 1. The predicted octanol–water partition coefficient (Wildman–Crippen LogP) is 6.14. The number of carbonyl (C=O) groups excluding carboxylic acids is 1.